The highest BCUT2D eigenvalue weighted by atomic mass is 16.6. The lowest BCUT2D eigenvalue weighted by atomic mass is 9.71. The Morgan fingerprint density at radius 1 is 1.00 bits per heavy atom. The lowest BCUT2D eigenvalue weighted by Gasteiger charge is -2.37. The predicted molar refractivity (Wildman–Crippen MR) is 152 cm³/mol. The maximum atomic E-state index is 14.0. The van der Waals surface area contributed by atoms with E-state index in [1.54, 1.807) is 14.2 Å². The molecular formula is C32H39NO7. The number of methoxy groups -OCH3 is 2. The molecule has 2 atom stereocenters. The van der Waals surface area contributed by atoms with Crippen molar-refractivity contribution in [1.82, 2.24) is 5.32 Å². The molecule has 8 nitrogen and oxygen atoms in total. The van der Waals surface area contributed by atoms with Crippen LogP contribution in [0, 0.1) is 0 Å². The van der Waals surface area contributed by atoms with Crippen molar-refractivity contribution in [1.29, 1.82) is 0 Å². The first-order valence-corrected chi connectivity index (χ1v) is 13.7. The van der Waals surface area contributed by atoms with Crippen LogP contribution in [-0.4, -0.2) is 51.9 Å². The molecule has 1 aliphatic heterocycles. The van der Waals surface area contributed by atoms with Crippen molar-refractivity contribution in [3.63, 3.8) is 0 Å². The van der Waals surface area contributed by atoms with Gasteiger partial charge in [0, 0.05) is 35.6 Å². The number of hydrogen-bond donors (Lipinski definition) is 1. The zero-order chi connectivity index (χ0) is 28.8. The lowest BCUT2D eigenvalue weighted by molar-refractivity contribution is -0.140. The first-order chi connectivity index (χ1) is 19.3. The standard InChI is InChI=1S/C32H39NO7/c1-7-38-14-15-39-32(35)29-20(4)33-24-16-22(21-12-13-27(36-5)28(18-21)37-6)17-25(34)31(24)30(29)23-10-8-9-11-26(23)40-19(2)3/h8-13,18-19,22,30,33H,7,14-17H2,1-6H3/t22-,30-/m1/s1. The SMILES string of the molecule is CCOCCOC(=O)C1=C(C)NC2=C(C(=O)C[C@H](c3ccc(OC)c(OC)c3)C2)[C@@H]1c1ccccc1OC(C)C. The minimum absolute atomic E-state index is 0.0231. The Labute approximate surface area is 236 Å². The highest BCUT2D eigenvalue weighted by Gasteiger charge is 2.42. The predicted octanol–water partition coefficient (Wildman–Crippen LogP) is 5.43. The van der Waals surface area contributed by atoms with Crippen LogP contribution in [0.2, 0.25) is 0 Å². The summed E-state index contributed by atoms with van der Waals surface area (Å²) >= 11 is 0. The van der Waals surface area contributed by atoms with Gasteiger partial charge < -0.3 is 29.0 Å². The summed E-state index contributed by atoms with van der Waals surface area (Å²) in [7, 11) is 3.20. The van der Waals surface area contributed by atoms with E-state index in [0.717, 1.165) is 16.8 Å². The number of rotatable bonds is 11. The average molecular weight is 550 g/mol. The van der Waals surface area contributed by atoms with E-state index < -0.39 is 11.9 Å². The van der Waals surface area contributed by atoms with Gasteiger partial charge in [0.2, 0.25) is 0 Å². The molecule has 0 spiro atoms. The molecule has 40 heavy (non-hydrogen) atoms. The van der Waals surface area contributed by atoms with Crippen LogP contribution in [-0.2, 0) is 19.1 Å². The fourth-order valence-electron chi connectivity index (χ4n) is 5.46. The Morgan fingerprint density at radius 2 is 1.75 bits per heavy atom. The van der Waals surface area contributed by atoms with Crippen LogP contribution in [0.3, 0.4) is 0 Å². The van der Waals surface area contributed by atoms with E-state index >= 15 is 0 Å². The van der Waals surface area contributed by atoms with Gasteiger partial charge in [-0.1, -0.05) is 24.3 Å². The van der Waals surface area contributed by atoms with Crippen molar-refractivity contribution >= 4 is 11.8 Å². The van der Waals surface area contributed by atoms with E-state index in [4.69, 9.17) is 23.7 Å². The number of ketones is 1. The van der Waals surface area contributed by atoms with Crippen LogP contribution in [0.1, 0.15) is 63.5 Å². The summed E-state index contributed by atoms with van der Waals surface area (Å²) in [6, 6.07) is 13.4. The Hall–Kier alpha value is -3.78. The Kier molecular flexibility index (Phi) is 9.53. The quantitative estimate of drug-likeness (QED) is 0.293. The van der Waals surface area contributed by atoms with E-state index in [9.17, 15) is 9.59 Å². The number of ether oxygens (including phenoxy) is 5. The second kappa shape index (κ2) is 13.0. The summed E-state index contributed by atoms with van der Waals surface area (Å²) in [5, 5.41) is 3.40. The number of nitrogens with one attached hydrogen (secondary N) is 1. The summed E-state index contributed by atoms with van der Waals surface area (Å²) in [5.41, 5.74) is 4.21. The number of para-hydroxylation sites is 1. The maximum Gasteiger partial charge on any atom is 0.336 e. The molecule has 8 heteroatoms. The Morgan fingerprint density at radius 3 is 2.45 bits per heavy atom. The van der Waals surface area contributed by atoms with Gasteiger partial charge in [0.1, 0.15) is 12.4 Å². The molecule has 2 aromatic carbocycles. The van der Waals surface area contributed by atoms with Gasteiger partial charge in [-0.2, -0.15) is 0 Å². The monoisotopic (exact) mass is 549 g/mol. The summed E-state index contributed by atoms with van der Waals surface area (Å²) < 4.78 is 28.0. The summed E-state index contributed by atoms with van der Waals surface area (Å²) in [6.07, 6.45) is 0.815. The number of hydrogen-bond acceptors (Lipinski definition) is 8. The molecular weight excluding hydrogens is 510 g/mol. The lowest BCUT2D eigenvalue weighted by Crippen LogP contribution is -2.36. The molecule has 0 aromatic heterocycles. The normalized spacial score (nSPS) is 18.8. The first-order valence-electron chi connectivity index (χ1n) is 13.7. The van der Waals surface area contributed by atoms with Gasteiger partial charge in [-0.05, 0) is 63.8 Å². The molecule has 4 rings (SSSR count). The number of allylic oxidation sites excluding steroid dienone is 3. The van der Waals surface area contributed by atoms with Crippen LogP contribution in [0.15, 0.2) is 65.0 Å². The number of carbonyl (C=O) groups is 2. The van der Waals surface area contributed by atoms with Crippen LogP contribution >= 0.6 is 0 Å². The molecule has 2 aliphatic rings. The number of carbonyl (C=O) groups excluding carboxylic acids is 2. The smallest absolute Gasteiger partial charge is 0.336 e. The van der Waals surface area contributed by atoms with Gasteiger partial charge in [0.25, 0.3) is 0 Å². The van der Waals surface area contributed by atoms with Crippen molar-refractivity contribution in [2.75, 3.05) is 34.0 Å². The molecule has 1 N–H and O–H groups in total. The molecule has 2 aromatic rings. The van der Waals surface area contributed by atoms with Crippen molar-refractivity contribution in [2.45, 2.75) is 58.5 Å². The number of dihydropyridines is 1. The van der Waals surface area contributed by atoms with Crippen molar-refractivity contribution < 1.29 is 33.3 Å². The van der Waals surface area contributed by atoms with Crippen molar-refractivity contribution in [2.24, 2.45) is 0 Å². The molecule has 1 heterocycles. The van der Waals surface area contributed by atoms with Gasteiger partial charge in [0.15, 0.2) is 17.3 Å². The van der Waals surface area contributed by atoms with Crippen LogP contribution < -0.4 is 19.5 Å². The summed E-state index contributed by atoms with van der Waals surface area (Å²) in [5.74, 6) is 0.712. The van der Waals surface area contributed by atoms with Crippen molar-refractivity contribution in [3.05, 3.63) is 76.1 Å². The van der Waals surface area contributed by atoms with E-state index in [2.05, 4.69) is 5.32 Å². The first kappa shape index (κ1) is 29.2. The highest BCUT2D eigenvalue weighted by molar-refractivity contribution is 6.04. The largest absolute Gasteiger partial charge is 0.493 e. The third kappa shape index (κ3) is 6.17. The fourth-order valence-corrected chi connectivity index (χ4v) is 5.46. The average Bonchev–Trinajstić information content (AvgIpc) is 2.94. The van der Waals surface area contributed by atoms with Crippen LogP contribution in [0.5, 0.6) is 17.2 Å². The second-order valence-corrected chi connectivity index (χ2v) is 10.2. The van der Waals surface area contributed by atoms with E-state index in [1.807, 2.05) is 70.2 Å². The highest BCUT2D eigenvalue weighted by Crippen LogP contribution is 2.48. The molecule has 0 saturated carbocycles. The minimum atomic E-state index is -0.621. The fraction of sp³-hybridized carbons (Fsp3) is 0.438. The van der Waals surface area contributed by atoms with Gasteiger partial charge in [-0.15, -0.1) is 0 Å². The summed E-state index contributed by atoms with van der Waals surface area (Å²) in [4.78, 5) is 27.5. The van der Waals surface area contributed by atoms with Gasteiger partial charge in [-0.25, -0.2) is 4.79 Å². The molecule has 0 radical (unpaired) electrons. The molecule has 0 unspecified atom stereocenters. The van der Waals surface area contributed by atoms with Crippen LogP contribution in [0.25, 0.3) is 0 Å². The Balaban J connectivity index is 1.76. The molecule has 1 aliphatic carbocycles. The third-order valence-corrected chi connectivity index (χ3v) is 7.18. The van der Waals surface area contributed by atoms with Crippen molar-refractivity contribution in [3.8, 4) is 17.2 Å². The van der Waals surface area contributed by atoms with Crippen LogP contribution in [0.4, 0.5) is 0 Å². The summed E-state index contributed by atoms with van der Waals surface area (Å²) in [6.45, 7) is 8.61. The molecule has 214 valence electrons. The third-order valence-electron chi connectivity index (χ3n) is 7.18. The Bertz CT molecular complexity index is 1310. The van der Waals surface area contributed by atoms with E-state index in [1.165, 1.54) is 0 Å². The van der Waals surface area contributed by atoms with Gasteiger partial charge in [0.05, 0.1) is 38.4 Å². The topological polar surface area (TPSA) is 92.3 Å². The molecule has 0 amide bonds. The number of benzene rings is 2. The maximum absolute atomic E-state index is 14.0. The number of Topliss-reactive ketones (excluding diaryl/α,β-unsaturated/α-hetero) is 1. The van der Waals surface area contributed by atoms with Gasteiger partial charge in [-0.3, -0.25) is 4.79 Å². The molecule has 0 saturated heterocycles. The number of esters is 1. The van der Waals surface area contributed by atoms with E-state index in [-0.39, 0.29) is 24.4 Å². The minimum Gasteiger partial charge on any atom is -0.493 e. The molecule has 0 bridgehead atoms. The molecule has 0 fully saturated rings. The second-order valence-electron chi connectivity index (χ2n) is 10.2. The van der Waals surface area contributed by atoms with E-state index in [0.29, 0.717) is 60.1 Å². The zero-order valence-electron chi connectivity index (χ0n) is 24.2. The van der Waals surface area contributed by atoms with Gasteiger partial charge >= 0.3 is 5.97 Å². The zero-order valence-corrected chi connectivity index (χ0v) is 24.2.